The third-order valence-electron chi connectivity index (χ3n) is 2.37. The van der Waals surface area contributed by atoms with Crippen LogP contribution in [0.5, 0.6) is 5.75 Å². The van der Waals surface area contributed by atoms with E-state index in [-0.39, 0.29) is 28.6 Å². The lowest BCUT2D eigenvalue weighted by Crippen LogP contribution is -2.06. The fourth-order valence-electron chi connectivity index (χ4n) is 1.46. The smallest absolute Gasteiger partial charge is 0.358 e. The Bertz CT molecular complexity index is 619. The molecule has 0 aliphatic heterocycles. The Balaban J connectivity index is 2.17. The van der Waals surface area contributed by atoms with Gasteiger partial charge in [-0.1, -0.05) is 17.7 Å². The number of ether oxygens (including phenoxy) is 1. The van der Waals surface area contributed by atoms with Crippen LogP contribution < -0.4 is 4.74 Å². The summed E-state index contributed by atoms with van der Waals surface area (Å²) in [7, 11) is 0. The van der Waals surface area contributed by atoms with Crippen LogP contribution in [0.1, 0.15) is 16.1 Å². The quantitative estimate of drug-likeness (QED) is 0.935. The normalized spacial score (nSPS) is 10.2. The van der Waals surface area contributed by atoms with E-state index in [0.717, 1.165) is 0 Å². The molecule has 0 saturated heterocycles. The summed E-state index contributed by atoms with van der Waals surface area (Å²) in [6, 6.07) is 7.19. The van der Waals surface area contributed by atoms with Gasteiger partial charge in [-0.05, 0) is 24.3 Å². The first-order chi connectivity index (χ1) is 9.08. The summed E-state index contributed by atoms with van der Waals surface area (Å²) >= 11 is 5.63. The first-order valence-corrected chi connectivity index (χ1v) is 5.71. The Morgan fingerprint density at radius 1 is 1.42 bits per heavy atom. The van der Waals surface area contributed by atoms with Crippen molar-refractivity contribution in [1.82, 2.24) is 4.98 Å². The number of aromatic carboxylic acids is 1. The second-order valence-electron chi connectivity index (χ2n) is 3.68. The van der Waals surface area contributed by atoms with Crippen molar-refractivity contribution < 1.29 is 19.0 Å². The predicted molar refractivity (Wildman–Crippen MR) is 66.9 cm³/mol. The molecule has 0 amide bonds. The lowest BCUT2D eigenvalue weighted by atomic mass is 10.2. The van der Waals surface area contributed by atoms with E-state index in [1.54, 1.807) is 6.07 Å². The number of benzene rings is 1. The third-order valence-corrected chi connectivity index (χ3v) is 2.61. The number of hydrogen-bond acceptors (Lipinski definition) is 3. The average molecular weight is 282 g/mol. The summed E-state index contributed by atoms with van der Waals surface area (Å²) in [4.78, 5) is 14.6. The number of aromatic nitrogens is 1. The number of rotatable bonds is 4. The van der Waals surface area contributed by atoms with Crippen LogP contribution in [-0.2, 0) is 6.61 Å². The van der Waals surface area contributed by atoms with Gasteiger partial charge in [-0.15, -0.1) is 0 Å². The minimum atomic E-state index is -1.20. The van der Waals surface area contributed by atoms with E-state index in [4.69, 9.17) is 21.4 Å². The van der Waals surface area contributed by atoms with Crippen molar-refractivity contribution in [3.63, 3.8) is 0 Å². The molecule has 0 unspecified atom stereocenters. The predicted octanol–water partition coefficient (Wildman–Crippen LogP) is 3.15. The molecule has 2 rings (SSSR count). The van der Waals surface area contributed by atoms with Gasteiger partial charge in [-0.3, -0.25) is 0 Å². The Morgan fingerprint density at radius 3 is 2.89 bits per heavy atom. The summed E-state index contributed by atoms with van der Waals surface area (Å²) in [6.07, 6.45) is 1.35. The molecule has 0 atom stereocenters. The molecule has 1 heterocycles. The fourth-order valence-corrected chi connectivity index (χ4v) is 1.62. The second-order valence-corrected chi connectivity index (χ2v) is 4.12. The van der Waals surface area contributed by atoms with E-state index in [0.29, 0.717) is 0 Å². The van der Waals surface area contributed by atoms with Crippen LogP contribution in [0.2, 0.25) is 5.02 Å². The molecule has 0 aliphatic carbocycles. The molecule has 0 spiro atoms. The summed E-state index contributed by atoms with van der Waals surface area (Å²) in [5.74, 6) is -1.62. The van der Waals surface area contributed by atoms with Crippen molar-refractivity contribution >= 4 is 17.6 Å². The minimum Gasteiger partial charge on any atom is -0.486 e. The van der Waals surface area contributed by atoms with E-state index in [2.05, 4.69) is 4.98 Å². The van der Waals surface area contributed by atoms with Crippen LogP contribution in [-0.4, -0.2) is 16.1 Å². The number of carboxylic acids is 1. The van der Waals surface area contributed by atoms with Gasteiger partial charge in [-0.2, -0.15) is 0 Å². The van der Waals surface area contributed by atoms with Crippen LogP contribution in [0.15, 0.2) is 36.5 Å². The van der Waals surface area contributed by atoms with Crippen molar-refractivity contribution in [2.24, 2.45) is 0 Å². The van der Waals surface area contributed by atoms with Gasteiger partial charge in [0.15, 0.2) is 11.4 Å². The molecule has 0 saturated carbocycles. The molecule has 2 aromatic rings. The van der Waals surface area contributed by atoms with E-state index in [1.165, 1.54) is 30.5 Å². The van der Waals surface area contributed by atoms with Gasteiger partial charge in [0.05, 0.1) is 0 Å². The molecule has 0 aliphatic rings. The molecule has 1 aromatic heterocycles. The zero-order valence-electron chi connectivity index (χ0n) is 9.64. The van der Waals surface area contributed by atoms with Crippen LogP contribution >= 0.6 is 11.6 Å². The van der Waals surface area contributed by atoms with E-state index >= 15 is 0 Å². The zero-order valence-corrected chi connectivity index (χ0v) is 10.4. The van der Waals surface area contributed by atoms with Crippen molar-refractivity contribution in [2.75, 3.05) is 0 Å². The molecule has 6 heteroatoms. The van der Waals surface area contributed by atoms with Crippen molar-refractivity contribution in [1.29, 1.82) is 0 Å². The van der Waals surface area contributed by atoms with Crippen LogP contribution in [0, 0.1) is 5.82 Å². The number of carboxylic acid groups (broad SMARTS) is 1. The number of pyridine rings is 1. The monoisotopic (exact) mass is 281 g/mol. The fraction of sp³-hybridized carbons (Fsp3) is 0.0769. The van der Waals surface area contributed by atoms with E-state index in [1.807, 2.05) is 0 Å². The van der Waals surface area contributed by atoms with Gasteiger partial charge in [-0.25, -0.2) is 14.2 Å². The molecule has 0 radical (unpaired) electrons. The Morgan fingerprint density at radius 2 is 2.21 bits per heavy atom. The van der Waals surface area contributed by atoms with E-state index < -0.39 is 11.8 Å². The summed E-state index contributed by atoms with van der Waals surface area (Å²) in [5, 5.41) is 9.21. The van der Waals surface area contributed by atoms with Crippen LogP contribution in [0.25, 0.3) is 0 Å². The molecule has 4 nitrogen and oxygen atoms in total. The number of carbonyl (C=O) groups is 1. The standard InChI is InChI=1S/C13H9ClFNO3/c14-9-4-3-8(10(15)6-9)7-19-11-2-1-5-16-12(11)13(17)18/h1-6H,7H2,(H,17,18). The molecule has 1 N–H and O–H groups in total. The maximum Gasteiger partial charge on any atom is 0.358 e. The highest BCUT2D eigenvalue weighted by Crippen LogP contribution is 2.19. The van der Waals surface area contributed by atoms with Crippen LogP contribution in [0.4, 0.5) is 4.39 Å². The molecule has 0 bridgehead atoms. The molecule has 19 heavy (non-hydrogen) atoms. The highest BCUT2D eigenvalue weighted by atomic mass is 35.5. The van der Waals surface area contributed by atoms with Crippen molar-refractivity contribution in [3.05, 3.63) is 58.6 Å². The number of hydrogen-bond donors (Lipinski definition) is 1. The summed E-state index contributed by atoms with van der Waals surface area (Å²) in [6.45, 7) is -0.102. The molecule has 0 fully saturated rings. The van der Waals surface area contributed by atoms with Gasteiger partial charge in [0.1, 0.15) is 12.4 Å². The van der Waals surface area contributed by atoms with Gasteiger partial charge >= 0.3 is 5.97 Å². The van der Waals surface area contributed by atoms with Crippen molar-refractivity contribution in [2.45, 2.75) is 6.61 Å². The lowest BCUT2D eigenvalue weighted by Gasteiger charge is -2.09. The minimum absolute atomic E-state index is 0.0874. The first-order valence-electron chi connectivity index (χ1n) is 5.33. The Kier molecular flexibility index (Phi) is 3.97. The molecule has 98 valence electrons. The average Bonchev–Trinajstić information content (AvgIpc) is 2.38. The maximum atomic E-state index is 13.5. The lowest BCUT2D eigenvalue weighted by molar-refractivity contribution is 0.0685. The number of nitrogens with zero attached hydrogens (tertiary/aromatic N) is 1. The van der Waals surface area contributed by atoms with Gasteiger partial charge < -0.3 is 9.84 Å². The summed E-state index contributed by atoms with van der Waals surface area (Å²) in [5.41, 5.74) is 0.0708. The topological polar surface area (TPSA) is 59.4 Å². The Labute approximate surface area is 113 Å². The SMILES string of the molecule is O=C(O)c1ncccc1OCc1ccc(Cl)cc1F. The summed E-state index contributed by atoms with van der Waals surface area (Å²) < 4.78 is 18.8. The number of halogens is 2. The van der Waals surface area contributed by atoms with Gasteiger partial charge in [0.2, 0.25) is 0 Å². The van der Waals surface area contributed by atoms with Gasteiger partial charge in [0, 0.05) is 16.8 Å². The van der Waals surface area contributed by atoms with E-state index in [9.17, 15) is 9.18 Å². The zero-order chi connectivity index (χ0) is 13.8. The largest absolute Gasteiger partial charge is 0.486 e. The highest BCUT2D eigenvalue weighted by Gasteiger charge is 2.13. The maximum absolute atomic E-state index is 13.5. The molecule has 1 aromatic carbocycles. The third kappa shape index (κ3) is 3.20. The molecular formula is C13H9ClFNO3. The second kappa shape index (κ2) is 5.67. The Hall–Kier alpha value is -2.14. The van der Waals surface area contributed by atoms with Gasteiger partial charge in [0.25, 0.3) is 0 Å². The highest BCUT2D eigenvalue weighted by molar-refractivity contribution is 6.30. The van der Waals surface area contributed by atoms with Crippen LogP contribution in [0.3, 0.4) is 0 Å². The molecular weight excluding hydrogens is 273 g/mol. The first kappa shape index (κ1) is 13.3. The van der Waals surface area contributed by atoms with Crippen molar-refractivity contribution in [3.8, 4) is 5.75 Å².